The Balaban J connectivity index is 1.78. The van der Waals surface area contributed by atoms with Gasteiger partial charge in [0.05, 0.1) is 24.2 Å². The summed E-state index contributed by atoms with van der Waals surface area (Å²) in [5, 5.41) is 9.50. The Labute approximate surface area is 181 Å². The molecule has 31 heavy (non-hydrogen) atoms. The number of β-lactam (4-membered cyclic amide) rings is 1. The smallest absolute Gasteiger partial charge is 0.339 e. The number of fused-ring (bicyclic) bond motifs is 1. The van der Waals surface area contributed by atoms with Gasteiger partial charge in [-0.2, -0.15) is 0 Å². The Morgan fingerprint density at radius 2 is 1.71 bits per heavy atom. The van der Waals surface area contributed by atoms with E-state index in [4.69, 9.17) is 14.2 Å². The molecule has 0 spiro atoms. The molecule has 11 nitrogen and oxygen atoms in total. The SMILES string of the molecule is CCOC(=O)C1(C(=O)OCC)S[C@@H](C(=O)OCc2ccc([N+](=O)[O-])cc2)N2C(=O)C[C@@H]21. The van der Waals surface area contributed by atoms with E-state index in [1.54, 1.807) is 13.8 Å². The lowest BCUT2D eigenvalue weighted by molar-refractivity contribution is -0.384. The van der Waals surface area contributed by atoms with Gasteiger partial charge in [-0.3, -0.25) is 14.9 Å². The maximum Gasteiger partial charge on any atom is 0.339 e. The standard InChI is InChI=1S/C19H20N2O9S/c1-3-28-17(24)19(18(25)29-4-2)13-9-14(22)20(13)15(31-19)16(23)30-10-11-5-7-12(8-6-11)21(26)27/h5-8,13,15H,3-4,9-10H2,1-2H3/t13-,15+/m1/s1. The molecule has 1 aromatic rings. The molecule has 2 aliphatic heterocycles. The first kappa shape index (κ1) is 22.5. The number of nitro groups is 1. The number of nitro benzene ring substituents is 1. The van der Waals surface area contributed by atoms with Crippen LogP contribution in [0.2, 0.25) is 0 Å². The number of hydrogen-bond acceptors (Lipinski definition) is 10. The Morgan fingerprint density at radius 3 is 2.19 bits per heavy atom. The summed E-state index contributed by atoms with van der Waals surface area (Å²) in [6.07, 6.45) is -0.100. The van der Waals surface area contributed by atoms with Crippen molar-refractivity contribution in [2.75, 3.05) is 13.2 Å². The summed E-state index contributed by atoms with van der Waals surface area (Å²) >= 11 is 0.678. The van der Waals surface area contributed by atoms with Crippen LogP contribution in [0.15, 0.2) is 24.3 Å². The molecule has 0 aliphatic carbocycles. The van der Waals surface area contributed by atoms with E-state index in [-0.39, 0.29) is 31.9 Å². The van der Waals surface area contributed by atoms with Gasteiger partial charge in [0.2, 0.25) is 10.7 Å². The van der Waals surface area contributed by atoms with E-state index in [9.17, 15) is 29.3 Å². The molecule has 12 heteroatoms. The average Bonchev–Trinajstić information content (AvgIpc) is 3.03. The van der Waals surface area contributed by atoms with Crippen LogP contribution in [0.3, 0.4) is 0 Å². The molecule has 2 fully saturated rings. The second-order valence-corrected chi connectivity index (χ2v) is 8.03. The summed E-state index contributed by atoms with van der Waals surface area (Å²) < 4.78 is 13.5. The topological polar surface area (TPSA) is 142 Å². The van der Waals surface area contributed by atoms with Crippen LogP contribution in [0, 0.1) is 10.1 Å². The van der Waals surface area contributed by atoms with Gasteiger partial charge in [-0.05, 0) is 31.5 Å². The molecule has 2 atom stereocenters. The van der Waals surface area contributed by atoms with Gasteiger partial charge < -0.3 is 19.1 Å². The molecule has 1 amide bonds. The maximum atomic E-state index is 12.7. The zero-order valence-electron chi connectivity index (χ0n) is 16.8. The van der Waals surface area contributed by atoms with E-state index in [1.807, 2.05) is 0 Å². The fraction of sp³-hybridized carbons (Fsp3) is 0.474. The summed E-state index contributed by atoms with van der Waals surface area (Å²) in [4.78, 5) is 61.7. The first-order valence-electron chi connectivity index (χ1n) is 9.49. The van der Waals surface area contributed by atoms with Crippen LogP contribution in [-0.2, 0) is 40.0 Å². The zero-order valence-corrected chi connectivity index (χ0v) is 17.6. The van der Waals surface area contributed by atoms with Gasteiger partial charge in [-0.15, -0.1) is 0 Å². The van der Waals surface area contributed by atoms with Crippen molar-refractivity contribution < 1.29 is 38.3 Å². The van der Waals surface area contributed by atoms with Crippen molar-refractivity contribution in [3.8, 4) is 0 Å². The zero-order chi connectivity index (χ0) is 22.8. The van der Waals surface area contributed by atoms with Crippen LogP contribution >= 0.6 is 11.8 Å². The number of thioether (sulfide) groups is 1. The predicted octanol–water partition coefficient (Wildman–Crippen LogP) is 1.18. The molecule has 1 aromatic carbocycles. The number of ether oxygens (including phenoxy) is 3. The van der Waals surface area contributed by atoms with E-state index in [0.29, 0.717) is 17.3 Å². The second kappa shape index (κ2) is 8.92. The third-order valence-electron chi connectivity index (χ3n) is 4.90. The number of hydrogen-bond donors (Lipinski definition) is 0. The highest BCUT2D eigenvalue weighted by Gasteiger charge is 2.71. The first-order valence-corrected chi connectivity index (χ1v) is 10.4. The molecule has 3 rings (SSSR count). The van der Waals surface area contributed by atoms with E-state index in [1.165, 1.54) is 24.3 Å². The summed E-state index contributed by atoms with van der Waals surface area (Å²) in [5.41, 5.74) is 0.389. The van der Waals surface area contributed by atoms with Crippen molar-refractivity contribution in [1.29, 1.82) is 0 Å². The number of esters is 3. The number of nitrogens with zero attached hydrogens (tertiary/aromatic N) is 2. The molecule has 2 saturated heterocycles. The third kappa shape index (κ3) is 3.94. The summed E-state index contributed by atoms with van der Waals surface area (Å²) in [6, 6.07) is 4.54. The molecule has 0 N–H and O–H groups in total. The van der Waals surface area contributed by atoms with Crippen molar-refractivity contribution >= 4 is 41.3 Å². The molecule has 0 unspecified atom stereocenters. The van der Waals surface area contributed by atoms with Crippen LogP contribution in [-0.4, -0.2) is 63.0 Å². The lowest BCUT2D eigenvalue weighted by atomic mass is 9.87. The number of carbonyl (C=O) groups excluding carboxylic acids is 4. The van der Waals surface area contributed by atoms with Gasteiger partial charge in [0.15, 0.2) is 5.37 Å². The quantitative estimate of drug-likeness (QED) is 0.141. The van der Waals surface area contributed by atoms with E-state index in [0.717, 1.165) is 4.90 Å². The van der Waals surface area contributed by atoms with E-state index < -0.39 is 44.9 Å². The Morgan fingerprint density at radius 1 is 1.13 bits per heavy atom. The van der Waals surface area contributed by atoms with Gasteiger partial charge in [0.25, 0.3) is 5.69 Å². The lowest BCUT2D eigenvalue weighted by Gasteiger charge is -2.40. The Kier molecular flexibility index (Phi) is 6.48. The molecule has 2 heterocycles. The van der Waals surface area contributed by atoms with Gasteiger partial charge in [0, 0.05) is 18.6 Å². The predicted molar refractivity (Wildman–Crippen MR) is 106 cm³/mol. The number of non-ortho nitro benzene ring substituents is 1. The molecular weight excluding hydrogens is 432 g/mol. The minimum atomic E-state index is -1.86. The highest BCUT2D eigenvalue weighted by Crippen LogP contribution is 2.52. The van der Waals surface area contributed by atoms with Gasteiger partial charge >= 0.3 is 17.9 Å². The monoisotopic (exact) mass is 452 g/mol. The fourth-order valence-corrected chi connectivity index (χ4v) is 4.96. The fourth-order valence-electron chi connectivity index (χ4n) is 3.41. The molecule has 0 saturated carbocycles. The minimum absolute atomic E-state index is 0.0104. The van der Waals surface area contributed by atoms with Gasteiger partial charge in [0.1, 0.15) is 6.61 Å². The minimum Gasteiger partial charge on any atom is -0.464 e. The highest BCUT2D eigenvalue weighted by atomic mass is 32.2. The van der Waals surface area contributed by atoms with Crippen LogP contribution in [0.1, 0.15) is 25.8 Å². The number of benzene rings is 1. The molecule has 0 bridgehead atoms. The lowest BCUT2D eigenvalue weighted by Crippen LogP contribution is -2.64. The largest absolute Gasteiger partial charge is 0.464 e. The second-order valence-electron chi connectivity index (χ2n) is 6.70. The highest BCUT2D eigenvalue weighted by molar-refractivity contribution is 8.03. The molecule has 0 aromatic heterocycles. The molecule has 0 radical (unpaired) electrons. The van der Waals surface area contributed by atoms with Gasteiger partial charge in [-0.1, -0.05) is 11.8 Å². The number of amides is 1. The molecule has 2 aliphatic rings. The van der Waals surface area contributed by atoms with E-state index in [2.05, 4.69) is 0 Å². The summed E-state index contributed by atoms with van der Waals surface area (Å²) in [7, 11) is 0. The van der Waals surface area contributed by atoms with Crippen LogP contribution in [0.25, 0.3) is 0 Å². The molecule has 166 valence electrons. The molecular formula is C19H20N2O9S. The van der Waals surface area contributed by atoms with E-state index >= 15 is 0 Å². The van der Waals surface area contributed by atoms with Crippen molar-refractivity contribution in [1.82, 2.24) is 4.90 Å². The van der Waals surface area contributed by atoms with Crippen molar-refractivity contribution in [3.05, 3.63) is 39.9 Å². The summed E-state index contributed by atoms with van der Waals surface area (Å²) in [6.45, 7) is 2.98. The van der Waals surface area contributed by atoms with Crippen molar-refractivity contribution in [3.63, 3.8) is 0 Å². The van der Waals surface area contributed by atoms with Crippen LogP contribution in [0.4, 0.5) is 5.69 Å². The third-order valence-corrected chi connectivity index (χ3v) is 6.52. The Bertz CT molecular complexity index is 899. The average molecular weight is 452 g/mol. The number of rotatable bonds is 8. The van der Waals surface area contributed by atoms with Crippen LogP contribution < -0.4 is 0 Å². The van der Waals surface area contributed by atoms with Crippen LogP contribution in [0.5, 0.6) is 0 Å². The normalized spacial score (nSPS) is 21.0. The summed E-state index contributed by atoms with van der Waals surface area (Å²) in [5.74, 6) is -2.96. The van der Waals surface area contributed by atoms with Crippen molar-refractivity contribution in [2.24, 2.45) is 0 Å². The Hall–Kier alpha value is -3.15. The number of carbonyl (C=O) groups is 4. The first-order chi connectivity index (χ1) is 14.8. The van der Waals surface area contributed by atoms with Gasteiger partial charge in [-0.25, -0.2) is 14.4 Å². The maximum absolute atomic E-state index is 12.7. The van der Waals surface area contributed by atoms with Crippen molar-refractivity contribution in [2.45, 2.75) is 43.0 Å².